The van der Waals surface area contributed by atoms with E-state index in [2.05, 4.69) is 19.1 Å². The number of rotatable bonds is 14. The topological polar surface area (TPSA) is 82.1 Å². The minimum Gasteiger partial charge on any atom is -0.616 e. The first-order valence-corrected chi connectivity index (χ1v) is 12.1. The lowest BCUT2D eigenvalue weighted by molar-refractivity contribution is -0.137. The third kappa shape index (κ3) is 5.72. The van der Waals surface area contributed by atoms with Crippen LogP contribution in [0.5, 0.6) is 0 Å². The first-order chi connectivity index (χ1) is 13.1. The highest BCUT2D eigenvalue weighted by atomic mass is 32.2. The molecule has 3 heterocycles. The summed E-state index contributed by atoms with van der Waals surface area (Å²) in [6.45, 7) is 2.21. The second kappa shape index (κ2) is 10.3. The van der Waals surface area contributed by atoms with Gasteiger partial charge in [0, 0.05) is 18.3 Å². The van der Waals surface area contributed by atoms with Crippen molar-refractivity contribution < 1.29 is 23.9 Å². The van der Waals surface area contributed by atoms with Gasteiger partial charge < -0.3 is 19.1 Å². The number of unbranched alkanes of at least 4 members (excludes halogenated alkanes) is 5. The van der Waals surface area contributed by atoms with Crippen LogP contribution in [0.4, 0.5) is 0 Å². The van der Waals surface area contributed by atoms with Gasteiger partial charge in [-0.3, -0.25) is 4.79 Å². The zero-order chi connectivity index (χ0) is 19.2. The van der Waals surface area contributed by atoms with E-state index in [0.29, 0.717) is 18.3 Å². The summed E-state index contributed by atoms with van der Waals surface area (Å²) < 4.78 is 24.5. The highest BCUT2D eigenvalue weighted by molar-refractivity contribution is 7.91. The zero-order valence-corrected chi connectivity index (χ0v) is 17.2. The van der Waals surface area contributed by atoms with Crippen LogP contribution in [0, 0.1) is 11.8 Å². The van der Waals surface area contributed by atoms with E-state index in [1.54, 1.807) is 0 Å². The van der Waals surface area contributed by atoms with Gasteiger partial charge in [-0.2, -0.15) is 0 Å². The fraction of sp³-hybridized carbons (Fsp3) is 0.857. The molecule has 7 atom stereocenters. The van der Waals surface area contributed by atoms with Gasteiger partial charge in [0.15, 0.2) is 0 Å². The Morgan fingerprint density at radius 3 is 2.44 bits per heavy atom. The standard InChI is InChI=1S/C21H34O5S/c1-2-3-4-7-10-13-27(24)14-16-15(11-8-5-6-9-12-17(22)23)18-20-21(26-20)19(16)25-18/h5,8,15-16,18-21H,2-4,6-7,9-14H2,1H3,(H,22,23)/t15-,16+,18+,19-,20-,21+,27?/m0/s1. The minimum absolute atomic E-state index is 0.134. The normalized spacial score (nSPS) is 34.9. The molecule has 1 unspecified atom stereocenters. The van der Waals surface area contributed by atoms with Crippen molar-refractivity contribution in [2.45, 2.75) is 89.1 Å². The molecule has 0 aromatic heterocycles. The van der Waals surface area contributed by atoms with E-state index in [1.807, 2.05) is 0 Å². The van der Waals surface area contributed by atoms with Crippen LogP contribution in [0.25, 0.3) is 0 Å². The van der Waals surface area contributed by atoms with Gasteiger partial charge in [0.1, 0.15) is 23.7 Å². The number of carbonyl (C=O) groups is 1. The number of epoxide rings is 1. The quantitative estimate of drug-likeness (QED) is 0.209. The van der Waals surface area contributed by atoms with Crippen LogP contribution in [0.2, 0.25) is 0 Å². The molecule has 2 bridgehead atoms. The number of fused-ring (bicyclic) bond motifs is 5. The molecule has 3 fully saturated rings. The number of allylic oxidation sites excluding steroid dienone is 2. The largest absolute Gasteiger partial charge is 0.616 e. The molecule has 0 aliphatic carbocycles. The van der Waals surface area contributed by atoms with E-state index < -0.39 is 17.1 Å². The van der Waals surface area contributed by atoms with Crippen molar-refractivity contribution in [3.05, 3.63) is 12.2 Å². The van der Waals surface area contributed by atoms with Gasteiger partial charge in [0.2, 0.25) is 0 Å². The van der Waals surface area contributed by atoms with Crippen LogP contribution in [0.1, 0.15) is 64.7 Å². The summed E-state index contributed by atoms with van der Waals surface area (Å²) in [5.41, 5.74) is 0. The lowest BCUT2D eigenvalue weighted by Gasteiger charge is -2.26. The summed E-state index contributed by atoms with van der Waals surface area (Å²) in [4.78, 5) is 10.6. The third-order valence-electron chi connectivity index (χ3n) is 6.11. The zero-order valence-electron chi connectivity index (χ0n) is 16.4. The molecule has 3 aliphatic rings. The lowest BCUT2D eigenvalue weighted by Crippen LogP contribution is -2.37. The molecular formula is C21H34O5S. The molecule has 1 N–H and O–H groups in total. The van der Waals surface area contributed by atoms with E-state index in [-0.39, 0.29) is 30.8 Å². The monoisotopic (exact) mass is 398 g/mol. The maximum Gasteiger partial charge on any atom is 0.303 e. The van der Waals surface area contributed by atoms with Gasteiger partial charge >= 0.3 is 5.97 Å². The number of ether oxygens (including phenoxy) is 2. The Morgan fingerprint density at radius 2 is 1.70 bits per heavy atom. The molecule has 3 aliphatic heterocycles. The SMILES string of the molecule is CCCCCCC[S+]([O-])C[C@@H]1[C@H](CC=CCCCC(=O)O)[C@H]2O[C@@H]1[C@H]1O[C@H]12. The summed E-state index contributed by atoms with van der Waals surface area (Å²) >= 11 is -0.775. The maximum absolute atomic E-state index is 12.6. The number of hydrogen-bond donors (Lipinski definition) is 1. The van der Waals surface area contributed by atoms with Crippen molar-refractivity contribution in [3.63, 3.8) is 0 Å². The van der Waals surface area contributed by atoms with Crippen molar-refractivity contribution in [1.29, 1.82) is 0 Å². The fourth-order valence-corrected chi connectivity index (χ4v) is 6.17. The van der Waals surface area contributed by atoms with E-state index in [4.69, 9.17) is 14.6 Å². The Morgan fingerprint density at radius 1 is 1.00 bits per heavy atom. The molecule has 3 rings (SSSR count). The third-order valence-corrected chi connectivity index (χ3v) is 7.61. The molecule has 27 heavy (non-hydrogen) atoms. The average molecular weight is 399 g/mol. The summed E-state index contributed by atoms with van der Waals surface area (Å²) in [7, 11) is 0. The molecule has 6 heteroatoms. The van der Waals surface area contributed by atoms with Gasteiger partial charge in [0.05, 0.1) is 12.2 Å². The highest BCUT2D eigenvalue weighted by Gasteiger charge is 2.69. The molecular weight excluding hydrogens is 364 g/mol. The van der Waals surface area contributed by atoms with Crippen LogP contribution >= 0.6 is 0 Å². The van der Waals surface area contributed by atoms with Crippen molar-refractivity contribution in [3.8, 4) is 0 Å². The highest BCUT2D eigenvalue weighted by Crippen LogP contribution is 2.55. The molecule has 0 aromatic rings. The first kappa shape index (κ1) is 21.2. The second-order valence-corrected chi connectivity index (χ2v) is 9.80. The van der Waals surface area contributed by atoms with E-state index >= 15 is 0 Å². The van der Waals surface area contributed by atoms with Gasteiger partial charge in [0.25, 0.3) is 0 Å². The Bertz CT molecular complexity index is 511. The van der Waals surface area contributed by atoms with Crippen LogP contribution in [-0.2, 0) is 25.4 Å². The van der Waals surface area contributed by atoms with Crippen molar-refractivity contribution in [2.24, 2.45) is 11.8 Å². The van der Waals surface area contributed by atoms with Gasteiger partial charge in [-0.05, 0) is 32.1 Å². The summed E-state index contributed by atoms with van der Waals surface area (Å²) in [5.74, 6) is 1.53. The molecule has 3 saturated heterocycles. The maximum atomic E-state index is 12.6. The molecule has 154 valence electrons. The van der Waals surface area contributed by atoms with Gasteiger partial charge in [-0.1, -0.05) is 49.5 Å². The van der Waals surface area contributed by atoms with E-state index in [9.17, 15) is 9.35 Å². The number of carboxylic acid groups (broad SMARTS) is 1. The Hall–Kier alpha value is -0.560. The van der Waals surface area contributed by atoms with Crippen molar-refractivity contribution >= 4 is 17.1 Å². The summed E-state index contributed by atoms with van der Waals surface area (Å²) in [5, 5.41) is 8.69. The minimum atomic E-state index is -0.775. The molecule has 0 amide bonds. The van der Waals surface area contributed by atoms with Crippen LogP contribution in [-0.4, -0.2) is 51.6 Å². The van der Waals surface area contributed by atoms with Crippen LogP contribution in [0.3, 0.4) is 0 Å². The van der Waals surface area contributed by atoms with Crippen LogP contribution in [0.15, 0.2) is 12.2 Å². The number of carboxylic acids is 1. The average Bonchev–Trinajstić information content (AvgIpc) is 3.26. The molecule has 0 aromatic carbocycles. The van der Waals surface area contributed by atoms with E-state index in [0.717, 1.165) is 30.8 Å². The van der Waals surface area contributed by atoms with E-state index in [1.165, 1.54) is 25.7 Å². The molecule has 0 saturated carbocycles. The van der Waals surface area contributed by atoms with Crippen molar-refractivity contribution in [2.75, 3.05) is 11.5 Å². The van der Waals surface area contributed by atoms with Crippen molar-refractivity contribution in [1.82, 2.24) is 0 Å². The number of hydrogen-bond acceptors (Lipinski definition) is 4. The predicted octanol–water partition coefficient (Wildman–Crippen LogP) is 3.69. The van der Waals surface area contributed by atoms with Crippen LogP contribution < -0.4 is 0 Å². The number of aliphatic carboxylic acids is 1. The lowest BCUT2D eigenvalue weighted by atomic mass is 9.78. The predicted molar refractivity (Wildman–Crippen MR) is 106 cm³/mol. The molecule has 0 spiro atoms. The second-order valence-electron chi connectivity index (χ2n) is 8.18. The first-order valence-electron chi connectivity index (χ1n) is 10.6. The summed E-state index contributed by atoms with van der Waals surface area (Å²) in [6, 6.07) is 0. The Labute approximate surface area is 166 Å². The Balaban J connectivity index is 1.42. The smallest absolute Gasteiger partial charge is 0.303 e. The Kier molecular flexibility index (Phi) is 8.06. The molecule has 0 radical (unpaired) electrons. The van der Waals surface area contributed by atoms with Gasteiger partial charge in [-0.25, -0.2) is 0 Å². The summed E-state index contributed by atoms with van der Waals surface area (Å²) in [6.07, 6.45) is 13.7. The fourth-order valence-electron chi connectivity index (χ4n) is 4.61. The molecule has 5 nitrogen and oxygen atoms in total. The van der Waals surface area contributed by atoms with Gasteiger partial charge in [-0.15, -0.1) is 0 Å².